The van der Waals surface area contributed by atoms with Gasteiger partial charge in [-0.05, 0) is 25.3 Å². The van der Waals surface area contributed by atoms with Gasteiger partial charge in [-0.1, -0.05) is 26.8 Å². The molecule has 2 N–H and O–H groups in total. The molecule has 0 aromatic heterocycles. The van der Waals surface area contributed by atoms with Gasteiger partial charge < -0.3 is 14.9 Å². The van der Waals surface area contributed by atoms with Gasteiger partial charge in [0.2, 0.25) is 5.78 Å². The van der Waals surface area contributed by atoms with Crippen molar-refractivity contribution in [2.45, 2.75) is 59.2 Å². The lowest BCUT2D eigenvalue weighted by Crippen LogP contribution is -2.74. The van der Waals surface area contributed by atoms with Crippen LogP contribution in [0.2, 0.25) is 0 Å². The van der Waals surface area contributed by atoms with Crippen LogP contribution < -0.4 is 0 Å². The Morgan fingerprint density at radius 1 is 1.24 bits per heavy atom. The molecule has 0 aromatic rings. The van der Waals surface area contributed by atoms with Crippen LogP contribution in [0.4, 0.5) is 0 Å². The molecule has 3 aliphatic rings. The summed E-state index contributed by atoms with van der Waals surface area (Å²) in [6, 6.07) is 0. The number of esters is 1. The van der Waals surface area contributed by atoms with Crippen molar-refractivity contribution in [2.75, 3.05) is 0 Å². The fourth-order valence-corrected chi connectivity index (χ4v) is 5.88. The maximum Gasteiger partial charge on any atom is 0.308 e. The Hall–Kier alpha value is -2.12. The van der Waals surface area contributed by atoms with Gasteiger partial charge in [0.05, 0.1) is 17.4 Å². The van der Waals surface area contributed by atoms with Gasteiger partial charge in [0, 0.05) is 24.2 Å². The van der Waals surface area contributed by atoms with Gasteiger partial charge in [-0.15, -0.1) is 6.58 Å². The van der Waals surface area contributed by atoms with E-state index in [0.717, 1.165) is 0 Å². The van der Waals surface area contributed by atoms with Gasteiger partial charge in [0.15, 0.2) is 17.1 Å². The molecule has 0 aliphatic heterocycles. The molecule has 0 amide bonds. The molecule has 0 spiro atoms. The number of allylic oxidation sites excluding steroid dienone is 3. The van der Waals surface area contributed by atoms with Crippen LogP contribution in [0.5, 0.6) is 0 Å². The van der Waals surface area contributed by atoms with Crippen molar-refractivity contribution >= 4 is 23.3 Å². The van der Waals surface area contributed by atoms with E-state index >= 15 is 0 Å². The first-order valence-corrected chi connectivity index (χ1v) is 9.74. The molecule has 3 rings (SSSR count). The largest absolute Gasteiger partial charge is 0.423 e. The Morgan fingerprint density at radius 2 is 1.83 bits per heavy atom. The van der Waals surface area contributed by atoms with E-state index in [1.54, 1.807) is 20.8 Å². The van der Waals surface area contributed by atoms with E-state index in [0.29, 0.717) is 0 Å². The van der Waals surface area contributed by atoms with Crippen molar-refractivity contribution in [3.63, 3.8) is 0 Å². The fourth-order valence-electron chi connectivity index (χ4n) is 5.88. The van der Waals surface area contributed by atoms with Gasteiger partial charge in [-0.25, -0.2) is 0 Å². The highest BCUT2D eigenvalue weighted by Crippen LogP contribution is 2.63. The number of hydrogen-bond donors (Lipinski definition) is 2. The molecule has 7 nitrogen and oxygen atoms in total. The van der Waals surface area contributed by atoms with Crippen LogP contribution in [0.3, 0.4) is 0 Å². The minimum Gasteiger partial charge on any atom is -0.423 e. The van der Waals surface area contributed by atoms with Crippen molar-refractivity contribution in [3.05, 3.63) is 24.5 Å². The third kappa shape index (κ3) is 2.63. The van der Waals surface area contributed by atoms with E-state index in [1.807, 2.05) is 0 Å². The highest BCUT2D eigenvalue weighted by atomic mass is 16.5. The number of carbonyl (C=O) groups is 4. The van der Waals surface area contributed by atoms with Crippen molar-refractivity contribution in [3.8, 4) is 0 Å². The minimum absolute atomic E-state index is 0.0572. The van der Waals surface area contributed by atoms with E-state index in [1.165, 1.54) is 26.0 Å². The lowest BCUT2D eigenvalue weighted by molar-refractivity contribution is -0.218. The Kier molecular flexibility index (Phi) is 4.61. The number of ether oxygens (including phenoxy) is 1. The quantitative estimate of drug-likeness (QED) is 0.529. The van der Waals surface area contributed by atoms with Crippen LogP contribution in [-0.4, -0.2) is 45.2 Å². The molecule has 0 saturated heterocycles. The molecular formula is C22H28O7. The number of Topliss-reactive ketones (excluding diaryl/α,β-unsaturated/α-hetero) is 3. The van der Waals surface area contributed by atoms with Gasteiger partial charge in [-0.3, -0.25) is 19.2 Å². The minimum atomic E-state index is -2.32. The molecule has 2 saturated carbocycles. The zero-order valence-electron chi connectivity index (χ0n) is 17.4. The topological polar surface area (TPSA) is 118 Å². The molecule has 0 radical (unpaired) electrons. The summed E-state index contributed by atoms with van der Waals surface area (Å²) in [7, 11) is 0. The highest BCUT2D eigenvalue weighted by Gasteiger charge is 2.72. The Labute approximate surface area is 169 Å². The maximum atomic E-state index is 13.3. The molecule has 0 bridgehead atoms. The van der Waals surface area contributed by atoms with Gasteiger partial charge in [-0.2, -0.15) is 0 Å². The molecule has 6 atom stereocenters. The first kappa shape index (κ1) is 21.6. The number of aliphatic hydroxyl groups is 2. The van der Waals surface area contributed by atoms with E-state index in [9.17, 15) is 29.4 Å². The van der Waals surface area contributed by atoms with Gasteiger partial charge in [0.25, 0.3) is 0 Å². The van der Waals surface area contributed by atoms with Crippen LogP contribution in [0.25, 0.3) is 0 Å². The molecular weight excluding hydrogens is 376 g/mol. The summed E-state index contributed by atoms with van der Waals surface area (Å²) in [5.41, 5.74) is -5.88. The van der Waals surface area contributed by atoms with E-state index < -0.39 is 63.1 Å². The molecule has 6 unspecified atom stereocenters. The number of fused-ring (bicyclic) bond motifs is 3. The second kappa shape index (κ2) is 6.19. The Balaban J connectivity index is 2.27. The second-order valence-corrected chi connectivity index (χ2v) is 9.68. The molecule has 29 heavy (non-hydrogen) atoms. The normalized spacial score (nSPS) is 43.8. The second-order valence-electron chi connectivity index (χ2n) is 9.68. The first-order chi connectivity index (χ1) is 13.2. The van der Waals surface area contributed by atoms with Gasteiger partial charge in [0.1, 0.15) is 5.78 Å². The fraction of sp³-hybridized carbons (Fsp3) is 0.636. The smallest absolute Gasteiger partial charge is 0.308 e. The van der Waals surface area contributed by atoms with Crippen molar-refractivity contribution in [2.24, 2.45) is 28.1 Å². The van der Waals surface area contributed by atoms with E-state index in [2.05, 4.69) is 6.58 Å². The lowest BCUT2D eigenvalue weighted by atomic mass is 9.42. The van der Waals surface area contributed by atoms with Gasteiger partial charge >= 0.3 is 5.97 Å². The summed E-state index contributed by atoms with van der Waals surface area (Å²) in [6.45, 7) is 11.3. The monoisotopic (exact) mass is 404 g/mol. The van der Waals surface area contributed by atoms with E-state index in [4.69, 9.17) is 4.74 Å². The Bertz CT molecular complexity index is 868. The SMILES string of the molecule is C=CC1(C)CC(=O)C2C3(C)C=C(OC(C)=O)C(=O)C(C)(C)C3CC(O)C2(O)C1=O. The number of hydrogen-bond acceptors (Lipinski definition) is 7. The zero-order valence-corrected chi connectivity index (χ0v) is 17.4. The summed E-state index contributed by atoms with van der Waals surface area (Å²) in [4.78, 5) is 51.1. The highest BCUT2D eigenvalue weighted by molar-refractivity contribution is 6.07. The molecule has 2 fully saturated rings. The first-order valence-electron chi connectivity index (χ1n) is 9.74. The predicted molar refractivity (Wildman–Crippen MR) is 102 cm³/mol. The predicted octanol–water partition coefficient (Wildman–Crippen LogP) is 1.51. The Morgan fingerprint density at radius 3 is 2.34 bits per heavy atom. The average molecular weight is 404 g/mol. The summed E-state index contributed by atoms with van der Waals surface area (Å²) >= 11 is 0. The number of carbonyl (C=O) groups excluding carboxylic acids is 4. The molecule has 0 heterocycles. The van der Waals surface area contributed by atoms with Crippen LogP contribution >= 0.6 is 0 Å². The van der Waals surface area contributed by atoms with Crippen LogP contribution in [0, 0.1) is 28.1 Å². The number of aliphatic hydroxyl groups excluding tert-OH is 1. The summed E-state index contributed by atoms with van der Waals surface area (Å²) < 4.78 is 5.13. The third-order valence-electron chi connectivity index (χ3n) is 7.35. The summed E-state index contributed by atoms with van der Waals surface area (Å²) in [5.74, 6) is -4.18. The molecule has 3 aliphatic carbocycles. The molecule has 7 heteroatoms. The number of ketones is 3. The van der Waals surface area contributed by atoms with Crippen LogP contribution in [0.1, 0.15) is 47.5 Å². The third-order valence-corrected chi connectivity index (χ3v) is 7.35. The van der Waals surface area contributed by atoms with Crippen molar-refractivity contribution in [1.29, 1.82) is 0 Å². The van der Waals surface area contributed by atoms with Crippen molar-refractivity contribution < 1.29 is 34.1 Å². The zero-order chi connectivity index (χ0) is 22.2. The maximum absolute atomic E-state index is 13.3. The molecule has 0 aromatic carbocycles. The standard InChI is InChI=1S/C22H28O7/c1-7-20(5)9-12(24)16-21(6)10-13(29-11(2)23)17(26)19(3,4)14(21)8-15(25)22(16,28)18(20)27/h7,10,14-16,25,28H,1,8-9H2,2-6H3. The van der Waals surface area contributed by atoms with Crippen molar-refractivity contribution in [1.82, 2.24) is 0 Å². The van der Waals surface area contributed by atoms with Crippen LogP contribution in [-0.2, 0) is 23.9 Å². The number of rotatable bonds is 2. The summed E-state index contributed by atoms with van der Waals surface area (Å²) in [6.07, 6.45) is 0.991. The molecule has 158 valence electrons. The summed E-state index contributed by atoms with van der Waals surface area (Å²) in [5, 5.41) is 22.4. The average Bonchev–Trinajstić information content (AvgIpc) is 2.60. The lowest BCUT2D eigenvalue weighted by Gasteiger charge is -2.61. The van der Waals surface area contributed by atoms with Crippen LogP contribution in [0.15, 0.2) is 24.5 Å². The van der Waals surface area contributed by atoms with E-state index in [-0.39, 0.29) is 18.6 Å².